The third kappa shape index (κ3) is 4.87. The lowest BCUT2D eigenvalue weighted by molar-refractivity contribution is -0.121. The van der Waals surface area contributed by atoms with Gasteiger partial charge in [-0.15, -0.1) is 0 Å². The van der Waals surface area contributed by atoms with Crippen LogP contribution in [0.3, 0.4) is 0 Å². The quantitative estimate of drug-likeness (QED) is 0.622. The summed E-state index contributed by atoms with van der Waals surface area (Å²) in [6.07, 6.45) is 1.62. The third-order valence-corrected chi connectivity index (χ3v) is 4.27. The molecule has 0 saturated carbocycles. The fourth-order valence-electron chi connectivity index (χ4n) is 2.90. The minimum Gasteiger partial charge on any atom is -0.493 e. The SMILES string of the molecule is COc1cc(C(=O)NNC(=O)Cc2coc3cc(C)ccc23)ccc1OC(C)C. The minimum absolute atomic E-state index is 0.0224. The fourth-order valence-corrected chi connectivity index (χ4v) is 2.90. The van der Waals surface area contributed by atoms with E-state index in [-0.39, 0.29) is 18.4 Å². The Kier molecular flexibility index (Phi) is 6.07. The van der Waals surface area contributed by atoms with Gasteiger partial charge in [-0.05, 0) is 50.6 Å². The number of nitrogens with one attached hydrogen (secondary N) is 2. The van der Waals surface area contributed by atoms with E-state index >= 15 is 0 Å². The summed E-state index contributed by atoms with van der Waals surface area (Å²) in [6.45, 7) is 5.78. The van der Waals surface area contributed by atoms with Gasteiger partial charge in [-0.25, -0.2) is 0 Å². The number of hydrogen-bond acceptors (Lipinski definition) is 5. The largest absolute Gasteiger partial charge is 0.493 e. The molecule has 0 aliphatic heterocycles. The van der Waals surface area contributed by atoms with Gasteiger partial charge in [0, 0.05) is 16.5 Å². The molecule has 0 aliphatic carbocycles. The highest BCUT2D eigenvalue weighted by molar-refractivity contribution is 5.96. The van der Waals surface area contributed by atoms with Gasteiger partial charge in [-0.3, -0.25) is 20.4 Å². The molecule has 0 fully saturated rings. The van der Waals surface area contributed by atoms with E-state index in [0.29, 0.717) is 17.1 Å². The van der Waals surface area contributed by atoms with Crippen LogP contribution in [0.1, 0.15) is 35.3 Å². The van der Waals surface area contributed by atoms with Crippen molar-refractivity contribution in [2.24, 2.45) is 0 Å². The summed E-state index contributed by atoms with van der Waals surface area (Å²) in [5.74, 6) is 0.178. The molecule has 152 valence electrons. The van der Waals surface area contributed by atoms with Gasteiger partial charge in [0.25, 0.3) is 5.91 Å². The summed E-state index contributed by atoms with van der Waals surface area (Å²) in [7, 11) is 1.50. The van der Waals surface area contributed by atoms with Crippen molar-refractivity contribution in [1.29, 1.82) is 0 Å². The number of benzene rings is 2. The molecule has 7 heteroatoms. The highest BCUT2D eigenvalue weighted by atomic mass is 16.5. The molecule has 2 N–H and O–H groups in total. The molecule has 0 saturated heterocycles. The van der Waals surface area contributed by atoms with Crippen molar-refractivity contribution >= 4 is 22.8 Å². The van der Waals surface area contributed by atoms with Crippen molar-refractivity contribution < 1.29 is 23.5 Å². The molecule has 3 rings (SSSR count). The van der Waals surface area contributed by atoms with Crippen LogP contribution in [0.2, 0.25) is 0 Å². The molecule has 2 amide bonds. The first-order valence-corrected chi connectivity index (χ1v) is 9.28. The molecule has 0 bridgehead atoms. The predicted octanol–water partition coefficient (Wildman–Crippen LogP) is 3.54. The fraction of sp³-hybridized carbons (Fsp3) is 0.273. The van der Waals surface area contributed by atoms with Gasteiger partial charge in [0.2, 0.25) is 5.91 Å². The van der Waals surface area contributed by atoms with E-state index < -0.39 is 5.91 Å². The Morgan fingerprint density at radius 3 is 2.59 bits per heavy atom. The number of amides is 2. The molecular weight excluding hydrogens is 372 g/mol. The van der Waals surface area contributed by atoms with Crippen LogP contribution in [-0.4, -0.2) is 25.0 Å². The Labute approximate surface area is 169 Å². The van der Waals surface area contributed by atoms with Gasteiger partial charge in [0.05, 0.1) is 25.9 Å². The number of carbonyl (C=O) groups is 2. The van der Waals surface area contributed by atoms with Gasteiger partial charge >= 0.3 is 0 Å². The van der Waals surface area contributed by atoms with Crippen molar-refractivity contribution in [2.75, 3.05) is 7.11 Å². The van der Waals surface area contributed by atoms with Crippen LogP contribution in [0.15, 0.2) is 47.1 Å². The Bertz CT molecular complexity index is 1040. The molecule has 1 heterocycles. The van der Waals surface area contributed by atoms with Crippen LogP contribution in [-0.2, 0) is 11.2 Å². The van der Waals surface area contributed by atoms with E-state index in [1.54, 1.807) is 24.5 Å². The number of methoxy groups -OCH3 is 1. The predicted molar refractivity (Wildman–Crippen MR) is 109 cm³/mol. The number of fused-ring (bicyclic) bond motifs is 1. The monoisotopic (exact) mass is 396 g/mol. The van der Waals surface area contributed by atoms with Crippen molar-refractivity contribution in [3.63, 3.8) is 0 Å². The zero-order valence-electron chi connectivity index (χ0n) is 16.9. The first-order valence-electron chi connectivity index (χ1n) is 9.28. The van der Waals surface area contributed by atoms with Gasteiger partial charge in [0.1, 0.15) is 5.58 Å². The van der Waals surface area contributed by atoms with Gasteiger partial charge in [-0.2, -0.15) is 0 Å². The topological polar surface area (TPSA) is 89.8 Å². The summed E-state index contributed by atoms with van der Waals surface area (Å²) in [5, 5.41) is 0.877. The first-order chi connectivity index (χ1) is 13.9. The maximum Gasteiger partial charge on any atom is 0.269 e. The zero-order chi connectivity index (χ0) is 21.0. The van der Waals surface area contributed by atoms with Gasteiger partial charge in [0.15, 0.2) is 11.5 Å². The van der Waals surface area contributed by atoms with Crippen molar-refractivity contribution in [3.05, 3.63) is 59.4 Å². The Morgan fingerprint density at radius 1 is 1.07 bits per heavy atom. The maximum atomic E-state index is 12.4. The van der Waals surface area contributed by atoms with Crippen LogP contribution in [0.4, 0.5) is 0 Å². The lowest BCUT2D eigenvalue weighted by Crippen LogP contribution is -2.42. The van der Waals surface area contributed by atoms with Crippen molar-refractivity contribution in [2.45, 2.75) is 33.3 Å². The smallest absolute Gasteiger partial charge is 0.269 e. The van der Waals surface area contributed by atoms with E-state index in [0.717, 1.165) is 22.1 Å². The molecule has 0 spiro atoms. The van der Waals surface area contributed by atoms with E-state index in [1.807, 2.05) is 39.0 Å². The van der Waals surface area contributed by atoms with Crippen LogP contribution < -0.4 is 20.3 Å². The van der Waals surface area contributed by atoms with Crippen molar-refractivity contribution in [1.82, 2.24) is 10.9 Å². The Balaban J connectivity index is 1.61. The highest BCUT2D eigenvalue weighted by Crippen LogP contribution is 2.29. The third-order valence-electron chi connectivity index (χ3n) is 4.27. The number of furan rings is 1. The standard InChI is InChI=1S/C22H24N2O5/c1-13(2)29-18-8-6-15(10-20(18)27-4)22(26)24-23-21(25)11-16-12-28-19-9-14(3)5-7-17(16)19/h5-10,12-13H,11H2,1-4H3,(H,23,25)(H,24,26). The molecule has 0 atom stereocenters. The molecule has 0 unspecified atom stereocenters. The Morgan fingerprint density at radius 2 is 1.86 bits per heavy atom. The van der Waals surface area contributed by atoms with Crippen LogP contribution in [0.25, 0.3) is 11.0 Å². The molecule has 3 aromatic rings. The zero-order valence-corrected chi connectivity index (χ0v) is 16.9. The summed E-state index contributed by atoms with van der Waals surface area (Å²) < 4.78 is 16.4. The second-order valence-corrected chi connectivity index (χ2v) is 6.97. The summed E-state index contributed by atoms with van der Waals surface area (Å²) in [5.41, 5.74) is 7.74. The van der Waals surface area contributed by atoms with Crippen LogP contribution in [0, 0.1) is 6.92 Å². The summed E-state index contributed by atoms with van der Waals surface area (Å²) in [4.78, 5) is 24.6. The van der Waals surface area contributed by atoms with E-state index in [2.05, 4.69) is 10.9 Å². The normalized spacial score (nSPS) is 10.8. The number of aryl methyl sites for hydroxylation is 1. The second-order valence-electron chi connectivity index (χ2n) is 6.97. The lowest BCUT2D eigenvalue weighted by atomic mass is 10.1. The number of rotatable bonds is 6. The highest BCUT2D eigenvalue weighted by Gasteiger charge is 2.14. The maximum absolute atomic E-state index is 12.4. The second kappa shape index (κ2) is 8.68. The Hall–Kier alpha value is -3.48. The number of ether oxygens (including phenoxy) is 2. The average molecular weight is 396 g/mol. The molecular formula is C22H24N2O5. The summed E-state index contributed by atoms with van der Waals surface area (Å²) >= 11 is 0. The van der Waals surface area contributed by atoms with E-state index in [9.17, 15) is 9.59 Å². The van der Waals surface area contributed by atoms with E-state index in [4.69, 9.17) is 13.9 Å². The van der Waals surface area contributed by atoms with Gasteiger partial charge in [-0.1, -0.05) is 12.1 Å². The molecule has 0 radical (unpaired) electrons. The average Bonchev–Trinajstić information content (AvgIpc) is 3.07. The van der Waals surface area contributed by atoms with Gasteiger partial charge < -0.3 is 13.9 Å². The number of hydrogen-bond donors (Lipinski definition) is 2. The molecule has 2 aromatic carbocycles. The number of hydrazine groups is 1. The molecule has 0 aliphatic rings. The van der Waals surface area contributed by atoms with Crippen LogP contribution in [0.5, 0.6) is 11.5 Å². The molecule has 7 nitrogen and oxygen atoms in total. The number of carbonyl (C=O) groups excluding carboxylic acids is 2. The van der Waals surface area contributed by atoms with Crippen molar-refractivity contribution in [3.8, 4) is 11.5 Å². The van der Waals surface area contributed by atoms with Crippen LogP contribution >= 0.6 is 0 Å². The molecule has 29 heavy (non-hydrogen) atoms. The lowest BCUT2D eigenvalue weighted by Gasteiger charge is -2.14. The van der Waals surface area contributed by atoms with E-state index in [1.165, 1.54) is 7.11 Å². The minimum atomic E-state index is -0.458. The summed E-state index contributed by atoms with van der Waals surface area (Å²) in [6, 6.07) is 10.6. The molecule has 1 aromatic heterocycles. The first kappa shape index (κ1) is 20.3.